The highest BCUT2D eigenvalue weighted by molar-refractivity contribution is 5.45. The summed E-state index contributed by atoms with van der Waals surface area (Å²) in [5.74, 6) is 7.09. The van der Waals surface area contributed by atoms with Gasteiger partial charge in [0.15, 0.2) is 11.5 Å². The number of aliphatic hydroxyl groups is 4. The molecule has 4 aliphatic rings. The molecule has 10 nitrogen and oxygen atoms in total. The van der Waals surface area contributed by atoms with Crippen molar-refractivity contribution >= 4 is 0 Å². The standard InChI is InChI=1S/C42H57N3O7/c1-2-26-6-3-4-8-37(51-21-20-46)40-27(10-9-26)11-12-28(22-36(40)49)29-13-15-34(47)38(23-29)52-42-32(14-16-35(48)41(42)50)33(25-31-7-5-18-44-31)30-17-19-45-39(43)24-30/h5,7,11-13,15,17-18,23-24,26-28,32-33,35-37,40-42,44-50H,2-4,6,8,14,16,19-22,25,43H2,1H3/t26-,27-,28-,32-,33-,35+,36-,37+,40+,41+,42-/m1/s1. The second kappa shape index (κ2) is 17.9. The van der Waals surface area contributed by atoms with Crippen molar-refractivity contribution in [1.29, 1.82) is 0 Å². The summed E-state index contributed by atoms with van der Waals surface area (Å²) in [6.45, 7) is 2.89. The van der Waals surface area contributed by atoms with Gasteiger partial charge >= 0.3 is 0 Å². The summed E-state index contributed by atoms with van der Waals surface area (Å²) in [4.78, 5) is 3.31. The molecule has 0 spiro atoms. The molecule has 1 aromatic carbocycles. The lowest BCUT2D eigenvalue weighted by Crippen LogP contribution is -2.52. The Morgan fingerprint density at radius 3 is 2.63 bits per heavy atom. The van der Waals surface area contributed by atoms with Crippen molar-refractivity contribution in [3.8, 4) is 23.3 Å². The van der Waals surface area contributed by atoms with Crippen LogP contribution in [0.15, 0.2) is 72.2 Å². The van der Waals surface area contributed by atoms with Gasteiger partial charge in [-0.2, -0.15) is 0 Å². The summed E-state index contributed by atoms with van der Waals surface area (Å²) in [7, 11) is 0. The molecule has 11 atom stereocenters. The first-order valence-electron chi connectivity index (χ1n) is 19.2. The van der Waals surface area contributed by atoms with Gasteiger partial charge in [0, 0.05) is 48.0 Å². The highest BCUT2D eigenvalue weighted by Crippen LogP contribution is 2.43. The molecular formula is C42H57N3O7. The van der Waals surface area contributed by atoms with Crippen LogP contribution in [0.2, 0.25) is 0 Å². The zero-order valence-corrected chi connectivity index (χ0v) is 30.2. The van der Waals surface area contributed by atoms with Crippen LogP contribution in [-0.4, -0.2) is 80.8 Å². The number of aliphatic hydroxyl groups excluding tert-OH is 4. The molecule has 0 amide bonds. The minimum atomic E-state index is -1.18. The Morgan fingerprint density at radius 2 is 1.87 bits per heavy atom. The monoisotopic (exact) mass is 715 g/mol. The zero-order chi connectivity index (χ0) is 36.6. The second-order valence-corrected chi connectivity index (χ2v) is 15.0. The number of nitrogens with two attached hydrogens (primary N) is 1. The van der Waals surface area contributed by atoms with Gasteiger partial charge in [0.2, 0.25) is 0 Å². The number of aromatic hydroxyl groups is 1. The summed E-state index contributed by atoms with van der Waals surface area (Å²) in [6, 6.07) is 9.23. The molecule has 0 saturated heterocycles. The van der Waals surface area contributed by atoms with E-state index in [9.17, 15) is 25.5 Å². The summed E-state index contributed by atoms with van der Waals surface area (Å²) in [5, 5.41) is 58.1. The van der Waals surface area contributed by atoms with E-state index in [0.717, 1.165) is 48.9 Å². The summed E-state index contributed by atoms with van der Waals surface area (Å²) in [5.41, 5.74) is 9.14. The van der Waals surface area contributed by atoms with Crippen molar-refractivity contribution < 1.29 is 35.0 Å². The maximum absolute atomic E-state index is 11.9. The number of aromatic amines is 1. The van der Waals surface area contributed by atoms with Gasteiger partial charge in [-0.3, -0.25) is 0 Å². The number of fused-ring (bicyclic) bond motifs is 1. The summed E-state index contributed by atoms with van der Waals surface area (Å²) < 4.78 is 12.8. The van der Waals surface area contributed by atoms with Crippen LogP contribution < -0.4 is 15.8 Å². The van der Waals surface area contributed by atoms with E-state index in [1.54, 1.807) is 12.1 Å². The van der Waals surface area contributed by atoms with Gasteiger partial charge in [0.25, 0.3) is 0 Å². The van der Waals surface area contributed by atoms with Crippen molar-refractivity contribution in [2.75, 3.05) is 19.8 Å². The Labute approximate surface area is 307 Å². The molecule has 3 aliphatic carbocycles. The van der Waals surface area contributed by atoms with E-state index in [1.165, 1.54) is 0 Å². The number of dihydropyridines is 1. The Bertz CT molecular complexity index is 1610. The molecule has 0 radical (unpaired) electrons. The quantitative estimate of drug-likeness (QED) is 0.124. The van der Waals surface area contributed by atoms with Gasteiger partial charge in [0.05, 0.1) is 37.3 Å². The fraction of sp³-hybridized carbons (Fsp3) is 0.571. The highest BCUT2D eigenvalue weighted by Gasteiger charge is 2.44. The van der Waals surface area contributed by atoms with E-state index < -0.39 is 24.4 Å². The van der Waals surface area contributed by atoms with E-state index in [0.29, 0.717) is 44.0 Å². The molecule has 6 rings (SSSR count). The van der Waals surface area contributed by atoms with Crippen molar-refractivity contribution in [3.05, 3.63) is 83.5 Å². The number of allylic oxidation sites excluding steroid dienone is 4. The SMILES string of the molecule is CC[C@H]1C#C[C@@H]2C=C[C@@H](c3ccc(O)c(O[C@H]4[C@@H](O)[C@@H](O)CC[C@@H]4[C@H](Cc4ccc[nH]4)C4=CCNC(N)=C4)c3)C[C@@H](O)[C@H]2[C@@H](OCCO)CCCC1. The molecule has 9 N–H and O–H groups in total. The maximum Gasteiger partial charge on any atom is 0.161 e. The number of ether oxygens (including phenoxy) is 2. The number of hydrogen-bond acceptors (Lipinski definition) is 9. The van der Waals surface area contributed by atoms with E-state index >= 15 is 0 Å². The van der Waals surface area contributed by atoms with Crippen LogP contribution in [0, 0.1) is 41.4 Å². The van der Waals surface area contributed by atoms with Crippen LogP contribution in [0.1, 0.15) is 75.5 Å². The molecular weight excluding hydrogens is 658 g/mol. The number of nitrogens with one attached hydrogen (secondary N) is 2. The van der Waals surface area contributed by atoms with Crippen LogP contribution >= 0.6 is 0 Å². The Hall–Kier alpha value is -3.72. The lowest BCUT2D eigenvalue weighted by atomic mass is 9.70. The molecule has 1 fully saturated rings. The van der Waals surface area contributed by atoms with Crippen molar-refractivity contribution in [3.63, 3.8) is 0 Å². The Kier molecular flexibility index (Phi) is 13.1. The average Bonchev–Trinajstić information content (AvgIpc) is 3.60. The molecule has 1 aliphatic heterocycles. The second-order valence-electron chi connectivity index (χ2n) is 15.0. The lowest BCUT2D eigenvalue weighted by Gasteiger charge is -2.42. The molecule has 0 bridgehead atoms. The first kappa shape index (κ1) is 38.0. The summed E-state index contributed by atoms with van der Waals surface area (Å²) in [6.07, 6.45) is 13.1. The predicted molar refractivity (Wildman–Crippen MR) is 200 cm³/mol. The topological polar surface area (TPSA) is 173 Å². The first-order valence-corrected chi connectivity index (χ1v) is 19.2. The first-order chi connectivity index (χ1) is 25.2. The minimum absolute atomic E-state index is 0.0675. The Morgan fingerprint density at radius 1 is 1.02 bits per heavy atom. The molecule has 0 unspecified atom stereocenters. The molecule has 282 valence electrons. The minimum Gasteiger partial charge on any atom is -0.504 e. The Balaban J connectivity index is 1.29. The van der Waals surface area contributed by atoms with Gasteiger partial charge in [0.1, 0.15) is 12.2 Å². The van der Waals surface area contributed by atoms with Gasteiger partial charge in [-0.25, -0.2) is 0 Å². The number of H-pyrrole nitrogens is 1. The molecule has 10 heteroatoms. The third kappa shape index (κ3) is 9.07. The smallest absolute Gasteiger partial charge is 0.161 e. The maximum atomic E-state index is 11.9. The summed E-state index contributed by atoms with van der Waals surface area (Å²) >= 11 is 0. The zero-order valence-electron chi connectivity index (χ0n) is 30.2. The van der Waals surface area contributed by atoms with Crippen LogP contribution in [0.25, 0.3) is 0 Å². The van der Waals surface area contributed by atoms with Gasteiger partial charge in [-0.1, -0.05) is 55.9 Å². The molecule has 2 aromatic rings. The highest BCUT2D eigenvalue weighted by atomic mass is 16.5. The van der Waals surface area contributed by atoms with Gasteiger partial charge in [-0.05, 0) is 92.3 Å². The number of phenols is 1. The third-order valence-corrected chi connectivity index (χ3v) is 11.6. The van der Waals surface area contributed by atoms with Crippen LogP contribution in [0.4, 0.5) is 0 Å². The molecule has 1 aromatic heterocycles. The largest absolute Gasteiger partial charge is 0.504 e. The van der Waals surface area contributed by atoms with E-state index in [2.05, 4.69) is 47.3 Å². The van der Waals surface area contributed by atoms with Crippen LogP contribution in [0.5, 0.6) is 11.5 Å². The fourth-order valence-electron chi connectivity index (χ4n) is 8.75. The van der Waals surface area contributed by atoms with Gasteiger partial charge in [-0.15, -0.1) is 0 Å². The number of rotatable bonds is 11. The van der Waals surface area contributed by atoms with Crippen molar-refractivity contribution in [2.45, 2.75) is 101 Å². The van der Waals surface area contributed by atoms with E-state index in [-0.39, 0.29) is 60.4 Å². The normalized spacial score (nSPS) is 32.9. The number of aromatic nitrogens is 1. The molecule has 2 heterocycles. The van der Waals surface area contributed by atoms with E-state index in [4.69, 9.17) is 15.2 Å². The molecule has 1 saturated carbocycles. The van der Waals surface area contributed by atoms with Crippen LogP contribution in [0.3, 0.4) is 0 Å². The number of hydrogen-bond donors (Lipinski definition) is 8. The van der Waals surface area contributed by atoms with Crippen LogP contribution in [-0.2, 0) is 11.2 Å². The number of phenolic OH excluding ortho intramolecular Hbond substituents is 1. The molecule has 52 heavy (non-hydrogen) atoms. The van der Waals surface area contributed by atoms with E-state index in [1.807, 2.05) is 30.5 Å². The van der Waals surface area contributed by atoms with Gasteiger partial charge < -0.3 is 51.0 Å². The van der Waals surface area contributed by atoms with Crippen molar-refractivity contribution in [2.24, 2.45) is 35.3 Å². The predicted octanol–water partition coefficient (Wildman–Crippen LogP) is 4.41. The van der Waals surface area contributed by atoms with Crippen molar-refractivity contribution in [1.82, 2.24) is 10.3 Å². The number of benzene rings is 1. The lowest BCUT2D eigenvalue weighted by molar-refractivity contribution is -0.108. The third-order valence-electron chi connectivity index (χ3n) is 11.6. The average molecular weight is 716 g/mol. The fourth-order valence-corrected chi connectivity index (χ4v) is 8.75.